The Hall–Kier alpha value is -2.09. The lowest BCUT2D eigenvalue weighted by Crippen LogP contribution is -2.30. The molecule has 0 saturated carbocycles. The van der Waals surface area contributed by atoms with Gasteiger partial charge in [-0.05, 0) is 85.0 Å². The molecule has 0 heterocycles. The van der Waals surface area contributed by atoms with Crippen molar-refractivity contribution in [2.75, 3.05) is 25.0 Å². The maximum atomic E-state index is 12.2. The number of carbonyl (C=O) groups excluding carboxylic acids is 2. The van der Waals surface area contributed by atoms with Gasteiger partial charge in [-0.15, -0.1) is 0 Å². The topological polar surface area (TPSA) is 58.6 Å². The van der Waals surface area contributed by atoms with Gasteiger partial charge in [-0.2, -0.15) is 0 Å². The lowest BCUT2D eigenvalue weighted by molar-refractivity contribution is -0.118. The SMILES string of the molecule is CCN(CC)C(=O)c1ccc(OCC(=O)Nc2ccc(I)cc2)cc1. The smallest absolute Gasteiger partial charge is 0.262 e. The molecule has 0 aliphatic heterocycles. The third kappa shape index (κ3) is 5.74. The van der Waals surface area contributed by atoms with Crippen LogP contribution < -0.4 is 10.1 Å². The van der Waals surface area contributed by atoms with Crippen molar-refractivity contribution in [3.63, 3.8) is 0 Å². The first kappa shape index (κ1) is 19.2. The average molecular weight is 452 g/mol. The van der Waals surface area contributed by atoms with Crippen molar-refractivity contribution in [1.82, 2.24) is 4.90 Å². The first-order valence-corrected chi connectivity index (χ1v) is 9.19. The van der Waals surface area contributed by atoms with Crippen LogP contribution in [0.3, 0.4) is 0 Å². The summed E-state index contributed by atoms with van der Waals surface area (Å²) in [5, 5.41) is 2.77. The first-order chi connectivity index (χ1) is 12.0. The number of hydrogen-bond donors (Lipinski definition) is 1. The van der Waals surface area contributed by atoms with Crippen LogP contribution in [-0.4, -0.2) is 36.4 Å². The van der Waals surface area contributed by atoms with Crippen LogP contribution in [0.5, 0.6) is 5.75 Å². The molecular formula is C19H21IN2O3. The summed E-state index contributed by atoms with van der Waals surface area (Å²) in [6, 6.07) is 14.4. The molecule has 0 spiro atoms. The number of nitrogens with one attached hydrogen (secondary N) is 1. The van der Waals surface area contributed by atoms with Gasteiger partial charge in [0.25, 0.3) is 11.8 Å². The van der Waals surface area contributed by atoms with Gasteiger partial charge in [0.2, 0.25) is 0 Å². The number of rotatable bonds is 7. The molecular weight excluding hydrogens is 431 g/mol. The van der Waals surface area contributed by atoms with Crippen LogP contribution in [0.4, 0.5) is 5.69 Å². The summed E-state index contributed by atoms with van der Waals surface area (Å²) in [4.78, 5) is 25.9. The number of amides is 2. The molecule has 0 aliphatic carbocycles. The first-order valence-electron chi connectivity index (χ1n) is 8.11. The van der Waals surface area contributed by atoms with E-state index in [-0.39, 0.29) is 18.4 Å². The molecule has 0 atom stereocenters. The number of nitrogens with zero attached hydrogens (tertiary/aromatic N) is 1. The predicted molar refractivity (Wildman–Crippen MR) is 107 cm³/mol. The third-order valence-electron chi connectivity index (χ3n) is 3.65. The standard InChI is InChI=1S/C19H21IN2O3/c1-3-22(4-2)19(24)14-5-11-17(12-6-14)25-13-18(23)21-16-9-7-15(20)8-10-16/h5-12H,3-4,13H2,1-2H3,(H,21,23). The second-order valence-corrected chi connectivity index (χ2v) is 6.59. The highest BCUT2D eigenvalue weighted by Crippen LogP contribution is 2.15. The van der Waals surface area contributed by atoms with Crippen molar-refractivity contribution in [2.45, 2.75) is 13.8 Å². The van der Waals surface area contributed by atoms with Crippen LogP contribution in [0.25, 0.3) is 0 Å². The van der Waals surface area contributed by atoms with E-state index in [1.54, 1.807) is 29.2 Å². The van der Waals surface area contributed by atoms with Gasteiger partial charge < -0.3 is 15.0 Å². The number of anilines is 1. The van der Waals surface area contributed by atoms with Gasteiger partial charge in [0, 0.05) is 27.9 Å². The highest BCUT2D eigenvalue weighted by molar-refractivity contribution is 14.1. The molecule has 0 saturated heterocycles. The number of ether oxygens (including phenoxy) is 1. The Labute approximate surface area is 161 Å². The highest BCUT2D eigenvalue weighted by Gasteiger charge is 2.12. The fraction of sp³-hybridized carbons (Fsp3) is 0.263. The van der Waals surface area contributed by atoms with Crippen molar-refractivity contribution >= 4 is 40.1 Å². The molecule has 25 heavy (non-hydrogen) atoms. The summed E-state index contributed by atoms with van der Waals surface area (Å²) in [7, 11) is 0. The van der Waals surface area contributed by atoms with Crippen molar-refractivity contribution in [2.24, 2.45) is 0 Å². The van der Waals surface area contributed by atoms with Crippen LogP contribution >= 0.6 is 22.6 Å². The molecule has 0 bridgehead atoms. The normalized spacial score (nSPS) is 10.2. The van der Waals surface area contributed by atoms with E-state index in [2.05, 4.69) is 27.9 Å². The van der Waals surface area contributed by atoms with Crippen molar-refractivity contribution < 1.29 is 14.3 Å². The molecule has 2 aromatic carbocycles. The molecule has 0 fully saturated rings. The van der Waals surface area contributed by atoms with E-state index in [4.69, 9.17) is 4.74 Å². The van der Waals surface area contributed by atoms with E-state index < -0.39 is 0 Å². The summed E-state index contributed by atoms with van der Waals surface area (Å²) in [5.41, 5.74) is 1.34. The summed E-state index contributed by atoms with van der Waals surface area (Å²) >= 11 is 2.21. The summed E-state index contributed by atoms with van der Waals surface area (Å²) in [6.07, 6.45) is 0. The maximum Gasteiger partial charge on any atom is 0.262 e. The molecule has 2 amide bonds. The van der Waals surface area contributed by atoms with Crippen molar-refractivity contribution in [1.29, 1.82) is 0 Å². The largest absolute Gasteiger partial charge is 0.484 e. The molecule has 5 nitrogen and oxygen atoms in total. The minimum Gasteiger partial charge on any atom is -0.484 e. The summed E-state index contributed by atoms with van der Waals surface area (Å²) in [5.74, 6) is 0.311. The van der Waals surface area contributed by atoms with Gasteiger partial charge in [0.15, 0.2) is 6.61 Å². The van der Waals surface area contributed by atoms with Gasteiger partial charge in [-0.3, -0.25) is 9.59 Å². The maximum absolute atomic E-state index is 12.2. The van der Waals surface area contributed by atoms with Gasteiger partial charge in [0.1, 0.15) is 5.75 Å². The van der Waals surface area contributed by atoms with E-state index >= 15 is 0 Å². The van der Waals surface area contributed by atoms with Gasteiger partial charge in [-0.1, -0.05) is 0 Å². The predicted octanol–water partition coefficient (Wildman–Crippen LogP) is 3.79. The zero-order valence-corrected chi connectivity index (χ0v) is 16.4. The molecule has 132 valence electrons. The van der Waals surface area contributed by atoms with E-state index in [0.29, 0.717) is 24.4 Å². The van der Waals surface area contributed by atoms with Gasteiger partial charge in [-0.25, -0.2) is 0 Å². The number of halogens is 1. The molecule has 2 rings (SSSR count). The van der Waals surface area contributed by atoms with Crippen LogP contribution in [0, 0.1) is 3.57 Å². The van der Waals surface area contributed by atoms with E-state index in [1.165, 1.54) is 0 Å². The summed E-state index contributed by atoms with van der Waals surface area (Å²) < 4.78 is 6.58. The fourth-order valence-electron chi connectivity index (χ4n) is 2.27. The van der Waals surface area contributed by atoms with Gasteiger partial charge in [0.05, 0.1) is 0 Å². The highest BCUT2D eigenvalue weighted by atomic mass is 127. The van der Waals surface area contributed by atoms with E-state index in [1.807, 2.05) is 38.1 Å². The molecule has 0 aliphatic rings. The van der Waals surface area contributed by atoms with Crippen molar-refractivity contribution in [3.8, 4) is 5.75 Å². The Kier molecular flexibility index (Phi) is 7.24. The second-order valence-electron chi connectivity index (χ2n) is 5.35. The minimum absolute atomic E-state index is 0.00648. The van der Waals surface area contributed by atoms with E-state index in [0.717, 1.165) is 9.26 Å². The number of benzene rings is 2. The van der Waals surface area contributed by atoms with Crippen LogP contribution in [0.15, 0.2) is 48.5 Å². The van der Waals surface area contributed by atoms with Crippen LogP contribution in [0.2, 0.25) is 0 Å². The quantitative estimate of drug-likeness (QED) is 0.651. The Bertz CT molecular complexity index is 710. The molecule has 0 aromatic heterocycles. The monoisotopic (exact) mass is 452 g/mol. The minimum atomic E-state index is -0.232. The lowest BCUT2D eigenvalue weighted by Gasteiger charge is -2.18. The zero-order chi connectivity index (χ0) is 18.2. The van der Waals surface area contributed by atoms with Gasteiger partial charge >= 0.3 is 0 Å². The Morgan fingerprint density at radius 1 is 1.00 bits per heavy atom. The second kappa shape index (κ2) is 9.41. The molecule has 6 heteroatoms. The number of carbonyl (C=O) groups is 2. The molecule has 0 radical (unpaired) electrons. The Morgan fingerprint density at radius 2 is 1.60 bits per heavy atom. The van der Waals surface area contributed by atoms with Crippen LogP contribution in [0.1, 0.15) is 24.2 Å². The fourth-order valence-corrected chi connectivity index (χ4v) is 2.63. The molecule has 2 aromatic rings. The number of hydrogen-bond acceptors (Lipinski definition) is 3. The zero-order valence-electron chi connectivity index (χ0n) is 14.3. The lowest BCUT2D eigenvalue weighted by atomic mass is 10.2. The van der Waals surface area contributed by atoms with Crippen LogP contribution in [-0.2, 0) is 4.79 Å². The molecule has 0 unspecified atom stereocenters. The Morgan fingerprint density at radius 3 is 2.16 bits per heavy atom. The van der Waals surface area contributed by atoms with Crippen molar-refractivity contribution in [3.05, 3.63) is 57.7 Å². The van der Waals surface area contributed by atoms with E-state index in [9.17, 15) is 9.59 Å². The summed E-state index contributed by atoms with van der Waals surface area (Å²) in [6.45, 7) is 5.16. The molecule has 1 N–H and O–H groups in total. The average Bonchev–Trinajstić information content (AvgIpc) is 2.63. The third-order valence-corrected chi connectivity index (χ3v) is 4.37. The Balaban J connectivity index is 1.87.